The van der Waals surface area contributed by atoms with E-state index in [4.69, 9.17) is 4.18 Å². The molecule has 0 bridgehead atoms. The molecule has 1 aliphatic rings. The molecule has 2 aromatic rings. The lowest BCUT2D eigenvalue weighted by atomic mass is 9.72. The fourth-order valence-corrected chi connectivity index (χ4v) is 5.16. The predicted octanol–water partition coefficient (Wildman–Crippen LogP) is 8.33. The van der Waals surface area contributed by atoms with E-state index in [-0.39, 0.29) is 5.41 Å². The highest BCUT2D eigenvalue weighted by molar-refractivity contribution is 7.94. The Bertz CT molecular complexity index is 967. The van der Waals surface area contributed by atoms with Gasteiger partial charge in [-0.05, 0) is 87.1 Å². The molecule has 0 spiro atoms. The van der Waals surface area contributed by atoms with Crippen molar-refractivity contribution in [3.8, 4) is 0 Å². The van der Waals surface area contributed by atoms with Crippen molar-refractivity contribution in [2.45, 2.75) is 83.6 Å². The first kappa shape index (κ1) is 25.8. The van der Waals surface area contributed by atoms with E-state index in [1.807, 2.05) is 13.0 Å². The molecule has 0 saturated heterocycles. The maximum atomic E-state index is 11.1. The van der Waals surface area contributed by atoms with Crippen LogP contribution in [-0.4, -0.2) is 11.7 Å². The van der Waals surface area contributed by atoms with Crippen LogP contribution in [0.15, 0.2) is 76.7 Å². The number of benzene rings is 2. The summed E-state index contributed by atoms with van der Waals surface area (Å²) in [5, 5.41) is 11.1. The molecule has 0 radical (unpaired) electrons. The van der Waals surface area contributed by atoms with Crippen molar-refractivity contribution in [1.82, 2.24) is 0 Å². The van der Waals surface area contributed by atoms with Crippen LogP contribution in [0.4, 0.5) is 0 Å². The van der Waals surface area contributed by atoms with Crippen LogP contribution in [0.1, 0.15) is 76.5 Å². The molecule has 3 rings (SSSR count). The summed E-state index contributed by atoms with van der Waals surface area (Å²) in [7, 11) is 0. The van der Waals surface area contributed by atoms with Gasteiger partial charge in [-0.25, -0.2) is 0 Å². The molecule has 33 heavy (non-hydrogen) atoms. The minimum atomic E-state index is -0.909. The number of rotatable bonds is 10. The summed E-state index contributed by atoms with van der Waals surface area (Å²) < 4.78 is 5.75. The number of hydrogen-bond acceptors (Lipinski definition) is 3. The zero-order valence-corrected chi connectivity index (χ0v) is 21.8. The topological polar surface area (TPSA) is 29.5 Å². The van der Waals surface area contributed by atoms with Gasteiger partial charge in [0.25, 0.3) is 0 Å². The zero-order valence-electron chi connectivity index (χ0n) is 21.0. The number of aryl methyl sites for hydroxylation is 2. The van der Waals surface area contributed by atoms with Gasteiger partial charge in [0.15, 0.2) is 0 Å². The molecule has 1 atom stereocenters. The van der Waals surface area contributed by atoms with Gasteiger partial charge in [0, 0.05) is 23.4 Å². The summed E-state index contributed by atoms with van der Waals surface area (Å²) in [5.74, 6) is 0. The molecular weight excluding hydrogens is 424 g/mol. The van der Waals surface area contributed by atoms with Gasteiger partial charge >= 0.3 is 0 Å². The van der Waals surface area contributed by atoms with Crippen molar-refractivity contribution < 1.29 is 9.29 Å². The molecule has 3 heteroatoms. The predicted molar refractivity (Wildman–Crippen MR) is 141 cm³/mol. The van der Waals surface area contributed by atoms with Gasteiger partial charge in [0.05, 0.1) is 12.2 Å². The summed E-state index contributed by atoms with van der Waals surface area (Å²) in [6.45, 7) is 11.5. The van der Waals surface area contributed by atoms with Crippen molar-refractivity contribution in [3.63, 3.8) is 0 Å². The number of aliphatic hydroxyl groups is 1. The van der Waals surface area contributed by atoms with E-state index < -0.39 is 5.60 Å². The zero-order chi connectivity index (χ0) is 23.9. The molecule has 0 heterocycles. The van der Waals surface area contributed by atoms with E-state index in [1.54, 1.807) is 5.57 Å². The Morgan fingerprint density at radius 1 is 1.12 bits per heavy atom. The molecule has 0 amide bonds. The van der Waals surface area contributed by atoms with E-state index in [0.717, 1.165) is 23.3 Å². The van der Waals surface area contributed by atoms with E-state index in [1.165, 1.54) is 48.0 Å². The SMILES string of the molecule is CC1=C(/C=C/CCc2cccc(C(C)(O)CCOSc3ccc(C)cc3)c2)C(C)(C)CCC1. The lowest BCUT2D eigenvalue weighted by molar-refractivity contribution is 0.0358. The van der Waals surface area contributed by atoms with Gasteiger partial charge in [0.1, 0.15) is 0 Å². The Morgan fingerprint density at radius 2 is 1.88 bits per heavy atom. The lowest BCUT2D eigenvalue weighted by Crippen LogP contribution is -2.23. The van der Waals surface area contributed by atoms with Gasteiger partial charge in [-0.3, -0.25) is 0 Å². The van der Waals surface area contributed by atoms with Gasteiger partial charge in [-0.2, -0.15) is 0 Å². The molecule has 1 N–H and O–H groups in total. The van der Waals surface area contributed by atoms with Gasteiger partial charge in [-0.1, -0.05) is 73.5 Å². The van der Waals surface area contributed by atoms with Crippen molar-refractivity contribution in [2.75, 3.05) is 6.61 Å². The molecule has 1 unspecified atom stereocenters. The number of hydrogen-bond donors (Lipinski definition) is 1. The van der Waals surface area contributed by atoms with Crippen LogP contribution in [0.3, 0.4) is 0 Å². The maximum absolute atomic E-state index is 11.1. The van der Waals surface area contributed by atoms with Gasteiger partial charge in [0.2, 0.25) is 0 Å². The summed E-state index contributed by atoms with van der Waals surface area (Å²) in [4.78, 5) is 1.08. The minimum absolute atomic E-state index is 0.289. The highest BCUT2D eigenvalue weighted by Crippen LogP contribution is 2.40. The van der Waals surface area contributed by atoms with Crippen LogP contribution >= 0.6 is 12.0 Å². The average Bonchev–Trinajstić information content (AvgIpc) is 2.77. The van der Waals surface area contributed by atoms with Crippen LogP contribution in [0, 0.1) is 12.3 Å². The highest BCUT2D eigenvalue weighted by Gasteiger charge is 2.26. The van der Waals surface area contributed by atoms with Crippen LogP contribution in [0.2, 0.25) is 0 Å². The number of allylic oxidation sites excluding steroid dienone is 4. The molecule has 2 aromatic carbocycles. The smallest absolute Gasteiger partial charge is 0.0891 e. The second-order valence-electron chi connectivity index (χ2n) is 10.3. The Labute approximate surface area is 205 Å². The van der Waals surface area contributed by atoms with Crippen LogP contribution < -0.4 is 0 Å². The Hall–Kier alpha value is -1.81. The first-order valence-corrected chi connectivity index (χ1v) is 13.0. The van der Waals surface area contributed by atoms with Crippen molar-refractivity contribution >= 4 is 12.0 Å². The highest BCUT2D eigenvalue weighted by atomic mass is 32.2. The van der Waals surface area contributed by atoms with Crippen LogP contribution in [0.25, 0.3) is 0 Å². The van der Waals surface area contributed by atoms with E-state index in [0.29, 0.717) is 13.0 Å². The van der Waals surface area contributed by atoms with Crippen molar-refractivity contribution in [1.29, 1.82) is 0 Å². The fraction of sp³-hybridized carbons (Fsp3) is 0.467. The maximum Gasteiger partial charge on any atom is 0.0891 e. The van der Waals surface area contributed by atoms with E-state index in [9.17, 15) is 5.11 Å². The summed E-state index contributed by atoms with van der Waals surface area (Å²) in [5.41, 5.74) is 5.91. The van der Waals surface area contributed by atoms with Crippen LogP contribution in [-0.2, 0) is 16.2 Å². The average molecular weight is 465 g/mol. The molecule has 0 aliphatic heterocycles. The summed E-state index contributed by atoms with van der Waals surface area (Å²) in [6.07, 6.45) is 11.0. The Balaban J connectivity index is 1.51. The monoisotopic (exact) mass is 464 g/mol. The first-order chi connectivity index (χ1) is 15.7. The fourth-order valence-electron chi connectivity index (χ4n) is 4.61. The standard InChI is InChI=1S/C30H40O2S/c1-23-15-17-27(18-16-23)33-32-21-20-30(5,31)26-13-8-12-25(22-26)11-6-7-14-28-24(2)10-9-19-29(28,3)4/h7-8,12-18,22,31H,6,9-11,19-21H2,1-5H3/b14-7+. The third-order valence-corrected chi connectivity index (χ3v) is 7.57. The normalized spacial score (nSPS) is 18.0. The molecule has 0 fully saturated rings. The van der Waals surface area contributed by atoms with E-state index >= 15 is 0 Å². The molecule has 0 aromatic heterocycles. The molecule has 0 saturated carbocycles. The summed E-state index contributed by atoms with van der Waals surface area (Å²) >= 11 is 1.37. The van der Waals surface area contributed by atoms with Gasteiger partial charge in [-0.15, -0.1) is 0 Å². The molecule has 178 valence electrons. The third kappa shape index (κ3) is 7.60. The molecule has 2 nitrogen and oxygen atoms in total. The van der Waals surface area contributed by atoms with E-state index in [2.05, 4.69) is 82.3 Å². The minimum Gasteiger partial charge on any atom is -0.385 e. The second kappa shape index (κ2) is 11.6. The largest absolute Gasteiger partial charge is 0.385 e. The molecular formula is C30H40O2S. The van der Waals surface area contributed by atoms with Crippen LogP contribution in [0.5, 0.6) is 0 Å². The van der Waals surface area contributed by atoms with Crippen molar-refractivity contribution in [2.24, 2.45) is 5.41 Å². The quantitative estimate of drug-likeness (QED) is 0.283. The first-order valence-electron chi connectivity index (χ1n) is 12.2. The van der Waals surface area contributed by atoms with Gasteiger partial charge < -0.3 is 9.29 Å². The Kier molecular flexibility index (Phi) is 9.03. The molecule has 1 aliphatic carbocycles. The summed E-state index contributed by atoms with van der Waals surface area (Å²) in [6, 6.07) is 16.7. The third-order valence-electron chi connectivity index (χ3n) is 6.82. The lowest BCUT2D eigenvalue weighted by Gasteiger charge is -2.32. The van der Waals surface area contributed by atoms with Crippen molar-refractivity contribution in [3.05, 3.63) is 88.5 Å². The Morgan fingerprint density at radius 3 is 2.61 bits per heavy atom. The second-order valence-corrected chi connectivity index (χ2v) is 11.2.